The molecule has 4 unspecified atom stereocenters. The van der Waals surface area contributed by atoms with Gasteiger partial charge in [-0.05, 0) is 179 Å². The Hall–Kier alpha value is -6.96. The zero-order valence-corrected chi connectivity index (χ0v) is 41.4. The molecule has 0 heterocycles. The second kappa shape index (κ2) is 14.8. The molecule has 5 aliphatic carbocycles. The molecule has 4 saturated carbocycles. The summed E-state index contributed by atoms with van der Waals surface area (Å²) in [5.41, 5.74) is 23.2. The Labute approximate surface area is 414 Å². The summed E-state index contributed by atoms with van der Waals surface area (Å²) >= 11 is 0. The summed E-state index contributed by atoms with van der Waals surface area (Å²) in [5, 5.41) is 2.52. The van der Waals surface area contributed by atoms with Gasteiger partial charge in [-0.25, -0.2) is 0 Å². The van der Waals surface area contributed by atoms with Crippen molar-refractivity contribution in [1.29, 1.82) is 0 Å². The second-order valence-electron chi connectivity index (χ2n) is 23.7. The lowest BCUT2D eigenvalue weighted by Crippen LogP contribution is -2.88. The van der Waals surface area contributed by atoms with Gasteiger partial charge in [-0.1, -0.05) is 205 Å². The quantitative estimate of drug-likeness (QED) is 0.154. The van der Waals surface area contributed by atoms with Gasteiger partial charge in [0, 0.05) is 22.4 Å². The second-order valence-corrected chi connectivity index (χ2v) is 23.7. The van der Waals surface area contributed by atoms with Crippen molar-refractivity contribution in [3.63, 3.8) is 0 Å². The van der Waals surface area contributed by atoms with Crippen molar-refractivity contribution < 1.29 is 0 Å². The molecule has 342 valence electrons. The lowest BCUT2D eigenvalue weighted by Gasteiger charge is -2.92. The summed E-state index contributed by atoms with van der Waals surface area (Å²) < 4.78 is 0. The van der Waals surface area contributed by atoms with Crippen LogP contribution in [0, 0.1) is 29.1 Å². The van der Waals surface area contributed by atoms with E-state index < -0.39 is 0 Å². The highest BCUT2D eigenvalue weighted by Gasteiger charge is 2.90. The van der Waals surface area contributed by atoms with E-state index in [1.807, 2.05) is 0 Å². The van der Waals surface area contributed by atoms with Crippen LogP contribution in [0.3, 0.4) is 0 Å². The first-order valence-corrected chi connectivity index (χ1v) is 26.0. The van der Waals surface area contributed by atoms with E-state index in [2.05, 4.69) is 247 Å². The third-order valence-electron chi connectivity index (χ3n) is 18.5. The van der Waals surface area contributed by atoms with Gasteiger partial charge in [-0.3, -0.25) is 0 Å². The minimum absolute atomic E-state index is 0.00663. The van der Waals surface area contributed by atoms with Crippen LogP contribution >= 0.6 is 0 Å². The van der Waals surface area contributed by atoms with E-state index >= 15 is 0 Å². The lowest BCUT2D eigenvalue weighted by atomic mass is 9.11. The molecule has 0 aromatic heterocycles. The Kier molecular flexibility index (Phi) is 8.86. The fraction of sp³-hybridized carbons (Fsp3) is 0.246. The maximum absolute atomic E-state index is 2.62. The van der Waals surface area contributed by atoms with Crippen LogP contribution in [0.1, 0.15) is 83.1 Å². The third-order valence-corrected chi connectivity index (χ3v) is 18.5. The van der Waals surface area contributed by atoms with E-state index in [4.69, 9.17) is 0 Å². The normalized spacial score (nSPS) is 23.2. The number of fused-ring (bicyclic) bond motifs is 8. The van der Waals surface area contributed by atoms with Crippen molar-refractivity contribution in [2.24, 2.45) is 29.1 Å². The van der Waals surface area contributed by atoms with E-state index in [0.717, 1.165) is 40.7 Å². The molecule has 4 atom stereocenters. The van der Waals surface area contributed by atoms with Gasteiger partial charge >= 0.3 is 0 Å². The van der Waals surface area contributed by atoms with E-state index in [1.165, 1.54) is 96.8 Å². The molecular formula is C69H61N. The standard InChI is InChI=1S/C69H61N/c1-66(2,3)49-36-48(37-50(39-49)67(4,5)6)55-22-14-18-46-19-15-23-59(65(46)55)58-21-11-13-25-62(58)70(53-31-26-44(27-32-53)43-16-8-7-9-17-43)54-33-28-45(29-34-54)47-30-35-57-56-20-10-12-24-60(56)69(61(57)38-47)63-41-51-40-52-42-64(69)68(51,52)63/h7-39,51-52,63-64H,40-42H2,1-6H3. The lowest BCUT2D eigenvalue weighted by molar-refractivity contribution is -0.412. The Balaban J connectivity index is 0.901. The number of hydrogen-bond acceptors (Lipinski definition) is 1. The first-order valence-electron chi connectivity index (χ1n) is 26.0. The fourth-order valence-corrected chi connectivity index (χ4v) is 15.2. The molecule has 5 aliphatic rings. The summed E-state index contributed by atoms with van der Waals surface area (Å²) in [6.07, 6.45) is 4.34. The number of rotatable bonds is 7. The predicted molar refractivity (Wildman–Crippen MR) is 294 cm³/mol. The molecule has 0 amide bonds. The van der Waals surface area contributed by atoms with Crippen LogP contribution in [-0.2, 0) is 16.2 Å². The largest absolute Gasteiger partial charge is 0.310 e. The summed E-state index contributed by atoms with van der Waals surface area (Å²) in [5.74, 6) is 3.63. The molecule has 0 N–H and O–H groups in total. The van der Waals surface area contributed by atoms with Gasteiger partial charge in [0.05, 0.1) is 5.69 Å². The Morgan fingerprint density at radius 2 is 0.900 bits per heavy atom. The molecule has 4 fully saturated rings. The van der Waals surface area contributed by atoms with Gasteiger partial charge in [0.1, 0.15) is 0 Å². The minimum Gasteiger partial charge on any atom is -0.310 e. The average Bonchev–Trinajstić information content (AvgIpc) is 3.66. The number of hydrogen-bond donors (Lipinski definition) is 0. The van der Waals surface area contributed by atoms with Crippen LogP contribution in [0.5, 0.6) is 0 Å². The van der Waals surface area contributed by atoms with Crippen molar-refractivity contribution in [3.8, 4) is 55.6 Å². The molecule has 1 heteroatoms. The highest BCUT2D eigenvalue weighted by atomic mass is 15.1. The number of benzene rings is 9. The molecule has 70 heavy (non-hydrogen) atoms. The molecule has 9 aromatic carbocycles. The molecule has 9 aromatic rings. The zero-order valence-electron chi connectivity index (χ0n) is 41.4. The molecule has 1 nitrogen and oxygen atoms in total. The zero-order chi connectivity index (χ0) is 47.3. The van der Waals surface area contributed by atoms with Crippen LogP contribution in [0.25, 0.3) is 66.4 Å². The molecule has 14 rings (SSSR count). The van der Waals surface area contributed by atoms with Gasteiger partial charge in [-0.15, -0.1) is 0 Å². The van der Waals surface area contributed by atoms with Gasteiger partial charge in [0.25, 0.3) is 0 Å². The van der Waals surface area contributed by atoms with Gasteiger partial charge in [-0.2, -0.15) is 0 Å². The molecule has 0 saturated heterocycles. The highest BCUT2D eigenvalue weighted by molar-refractivity contribution is 6.09. The fourth-order valence-electron chi connectivity index (χ4n) is 15.2. The smallest absolute Gasteiger partial charge is 0.0540 e. The van der Waals surface area contributed by atoms with Gasteiger partial charge < -0.3 is 4.90 Å². The van der Waals surface area contributed by atoms with Crippen LogP contribution in [-0.4, -0.2) is 0 Å². The monoisotopic (exact) mass is 903 g/mol. The topological polar surface area (TPSA) is 3.24 Å². The van der Waals surface area contributed by atoms with Crippen LogP contribution in [0.2, 0.25) is 0 Å². The predicted octanol–water partition coefficient (Wildman–Crippen LogP) is 18.5. The molecule has 0 radical (unpaired) electrons. The van der Waals surface area contributed by atoms with Crippen molar-refractivity contribution in [1.82, 2.24) is 0 Å². The van der Waals surface area contributed by atoms with Crippen LogP contribution in [0.4, 0.5) is 17.1 Å². The van der Waals surface area contributed by atoms with Crippen molar-refractivity contribution in [2.75, 3.05) is 4.90 Å². The SMILES string of the molecule is CC(C)(C)c1cc(-c2cccc3cccc(-c4ccccc4N(c4ccc(-c5ccccc5)cc4)c4ccc(-c5ccc6c(c5)C5(c7ccccc7-6)C6CC7CC8CC5C786)cc4)c23)cc(C(C)(C)C)c1. The van der Waals surface area contributed by atoms with Crippen LogP contribution < -0.4 is 4.90 Å². The average molecular weight is 904 g/mol. The maximum atomic E-state index is 2.62. The Morgan fingerprint density at radius 3 is 1.53 bits per heavy atom. The molecule has 0 aliphatic heterocycles. The van der Waals surface area contributed by atoms with Crippen molar-refractivity contribution in [2.45, 2.75) is 77.0 Å². The van der Waals surface area contributed by atoms with Gasteiger partial charge in [0.15, 0.2) is 0 Å². The summed E-state index contributed by atoms with van der Waals surface area (Å²) in [7, 11) is 0. The Morgan fingerprint density at radius 1 is 0.386 bits per heavy atom. The first kappa shape index (κ1) is 42.0. The van der Waals surface area contributed by atoms with Crippen molar-refractivity contribution in [3.05, 3.63) is 222 Å². The minimum atomic E-state index is 0.00663. The molecule has 0 bridgehead atoms. The van der Waals surface area contributed by atoms with Gasteiger partial charge in [0.2, 0.25) is 0 Å². The highest BCUT2D eigenvalue weighted by Crippen LogP contribution is 2.94. The van der Waals surface area contributed by atoms with E-state index in [-0.39, 0.29) is 16.2 Å². The number of anilines is 3. The summed E-state index contributed by atoms with van der Waals surface area (Å²) in [4.78, 5) is 2.48. The maximum Gasteiger partial charge on any atom is 0.0540 e. The number of para-hydroxylation sites is 1. The third kappa shape index (κ3) is 5.73. The summed E-state index contributed by atoms with van der Waals surface area (Å²) in [6.45, 7) is 14.0. The molecule has 2 spiro atoms. The number of nitrogens with zero attached hydrogens (tertiary/aromatic N) is 1. The van der Waals surface area contributed by atoms with E-state index in [0.29, 0.717) is 5.41 Å². The first-order chi connectivity index (χ1) is 33.9. The summed E-state index contributed by atoms with van der Waals surface area (Å²) in [6, 6.07) is 76.3. The van der Waals surface area contributed by atoms with E-state index in [1.54, 1.807) is 11.1 Å². The molecular weight excluding hydrogens is 843 g/mol. The Bertz CT molecular complexity index is 3500. The van der Waals surface area contributed by atoms with E-state index in [9.17, 15) is 0 Å². The van der Waals surface area contributed by atoms with Crippen molar-refractivity contribution >= 4 is 27.8 Å². The van der Waals surface area contributed by atoms with Crippen LogP contribution in [0.15, 0.2) is 200 Å².